The topological polar surface area (TPSA) is 54.5 Å². The molecule has 1 heterocycles. The number of piperidine rings is 1. The standard InChI is InChI=1S/C15H18F3NO3S/c1-10-5-4-8-19(14(10)20)11(2)23(21,22)13-7-3-6-12(9-13)15(16,17)18/h3,6-7,9-11H,4-5,8H2,1-2H3. The molecule has 0 aromatic heterocycles. The largest absolute Gasteiger partial charge is 0.416 e. The minimum Gasteiger partial charge on any atom is -0.325 e. The summed E-state index contributed by atoms with van der Waals surface area (Å²) >= 11 is 0. The van der Waals surface area contributed by atoms with Crippen molar-refractivity contribution < 1.29 is 26.4 Å². The number of carbonyl (C=O) groups excluding carboxylic acids is 1. The molecule has 1 aromatic carbocycles. The number of hydrogen-bond donors (Lipinski definition) is 0. The van der Waals surface area contributed by atoms with E-state index in [1.807, 2.05) is 0 Å². The summed E-state index contributed by atoms with van der Waals surface area (Å²) in [4.78, 5) is 13.0. The number of halogens is 3. The zero-order valence-corrected chi connectivity index (χ0v) is 13.6. The average Bonchev–Trinajstić information content (AvgIpc) is 2.48. The van der Waals surface area contributed by atoms with E-state index in [0.717, 1.165) is 18.2 Å². The summed E-state index contributed by atoms with van der Waals surface area (Å²) < 4.78 is 63.5. The number of rotatable bonds is 3. The molecule has 1 saturated heterocycles. The number of amides is 1. The molecule has 0 spiro atoms. The van der Waals surface area contributed by atoms with Crippen LogP contribution in [0.25, 0.3) is 0 Å². The fraction of sp³-hybridized carbons (Fsp3) is 0.533. The maximum absolute atomic E-state index is 12.8. The fourth-order valence-electron chi connectivity index (χ4n) is 2.66. The Kier molecular flexibility index (Phi) is 4.75. The van der Waals surface area contributed by atoms with Crippen LogP contribution < -0.4 is 0 Å². The van der Waals surface area contributed by atoms with Gasteiger partial charge in [-0.05, 0) is 38.0 Å². The highest BCUT2D eigenvalue weighted by molar-refractivity contribution is 7.92. The third kappa shape index (κ3) is 3.52. The monoisotopic (exact) mass is 349 g/mol. The van der Waals surface area contributed by atoms with E-state index in [1.165, 1.54) is 11.8 Å². The van der Waals surface area contributed by atoms with Crippen LogP contribution in [0.1, 0.15) is 32.3 Å². The summed E-state index contributed by atoms with van der Waals surface area (Å²) in [7, 11) is -4.07. The Morgan fingerprint density at radius 2 is 1.96 bits per heavy atom. The number of alkyl halides is 3. The van der Waals surface area contributed by atoms with E-state index >= 15 is 0 Å². The molecule has 2 unspecified atom stereocenters. The van der Waals surface area contributed by atoms with Crippen molar-refractivity contribution in [2.24, 2.45) is 5.92 Å². The van der Waals surface area contributed by atoms with E-state index in [2.05, 4.69) is 0 Å². The van der Waals surface area contributed by atoms with Gasteiger partial charge in [-0.2, -0.15) is 13.2 Å². The molecule has 0 bridgehead atoms. The predicted octanol–water partition coefficient (Wildman–Crippen LogP) is 3.08. The Labute approximate surface area is 133 Å². The highest BCUT2D eigenvalue weighted by atomic mass is 32.2. The second-order valence-corrected chi connectivity index (χ2v) is 7.99. The van der Waals surface area contributed by atoms with Crippen molar-refractivity contribution >= 4 is 15.7 Å². The molecule has 1 aliphatic rings. The van der Waals surface area contributed by atoms with Crippen molar-refractivity contribution in [3.8, 4) is 0 Å². The maximum Gasteiger partial charge on any atom is 0.416 e. The van der Waals surface area contributed by atoms with Gasteiger partial charge < -0.3 is 4.90 Å². The fourth-order valence-corrected chi connectivity index (χ4v) is 4.16. The third-order valence-corrected chi connectivity index (χ3v) is 6.18. The van der Waals surface area contributed by atoms with E-state index in [1.54, 1.807) is 6.92 Å². The van der Waals surface area contributed by atoms with Gasteiger partial charge in [-0.25, -0.2) is 8.42 Å². The molecule has 0 aliphatic carbocycles. The number of carbonyl (C=O) groups is 1. The molecule has 1 fully saturated rings. The van der Waals surface area contributed by atoms with Gasteiger partial charge in [-0.15, -0.1) is 0 Å². The highest BCUT2D eigenvalue weighted by Gasteiger charge is 2.37. The summed E-state index contributed by atoms with van der Waals surface area (Å²) in [6, 6.07) is 3.61. The van der Waals surface area contributed by atoms with E-state index in [4.69, 9.17) is 0 Å². The molecular weight excluding hydrogens is 331 g/mol. The summed E-state index contributed by atoms with van der Waals surface area (Å²) in [6.45, 7) is 3.35. The first-order valence-electron chi connectivity index (χ1n) is 7.27. The number of hydrogen-bond acceptors (Lipinski definition) is 3. The van der Waals surface area contributed by atoms with Crippen LogP contribution in [0.3, 0.4) is 0 Å². The first-order valence-corrected chi connectivity index (χ1v) is 8.81. The van der Waals surface area contributed by atoms with Gasteiger partial charge in [0.05, 0.1) is 10.5 Å². The summed E-state index contributed by atoms with van der Waals surface area (Å²) in [5.74, 6) is -0.554. The highest BCUT2D eigenvalue weighted by Crippen LogP contribution is 2.32. The molecule has 0 saturated carbocycles. The molecule has 1 amide bonds. The Morgan fingerprint density at radius 1 is 1.30 bits per heavy atom. The van der Waals surface area contributed by atoms with Crippen LogP contribution in [0.15, 0.2) is 29.2 Å². The molecule has 128 valence electrons. The Morgan fingerprint density at radius 3 is 2.57 bits per heavy atom. The first-order chi connectivity index (χ1) is 10.5. The quantitative estimate of drug-likeness (QED) is 0.843. The Bertz CT molecular complexity index is 700. The van der Waals surface area contributed by atoms with Gasteiger partial charge in [-0.1, -0.05) is 13.0 Å². The Balaban J connectivity index is 2.36. The van der Waals surface area contributed by atoms with Crippen LogP contribution in [0.2, 0.25) is 0 Å². The predicted molar refractivity (Wildman–Crippen MR) is 78.2 cm³/mol. The van der Waals surface area contributed by atoms with Crippen LogP contribution in [0.4, 0.5) is 13.2 Å². The van der Waals surface area contributed by atoms with Gasteiger partial charge >= 0.3 is 6.18 Å². The van der Waals surface area contributed by atoms with Crippen molar-refractivity contribution in [3.05, 3.63) is 29.8 Å². The smallest absolute Gasteiger partial charge is 0.325 e. The second-order valence-electron chi connectivity index (χ2n) is 5.74. The van der Waals surface area contributed by atoms with Crippen LogP contribution in [0.5, 0.6) is 0 Å². The lowest BCUT2D eigenvalue weighted by atomic mass is 9.99. The van der Waals surface area contributed by atoms with Crippen molar-refractivity contribution in [1.82, 2.24) is 4.90 Å². The van der Waals surface area contributed by atoms with Crippen molar-refractivity contribution in [3.63, 3.8) is 0 Å². The number of likely N-dealkylation sites (tertiary alicyclic amines) is 1. The van der Waals surface area contributed by atoms with Gasteiger partial charge in [-0.3, -0.25) is 4.79 Å². The molecule has 0 radical (unpaired) electrons. The third-order valence-electron chi connectivity index (χ3n) is 4.12. The van der Waals surface area contributed by atoms with E-state index in [-0.39, 0.29) is 11.8 Å². The first kappa shape index (κ1) is 17.8. The van der Waals surface area contributed by atoms with Crippen LogP contribution in [-0.4, -0.2) is 31.1 Å². The normalized spacial score (nSPS) is 21.3. The van der Waals surface area contributed by atoms with E-state index in [9.17, 15) is 26.4 Å². The van der Waals surface area contributed by atoms with Crippen molar-refractivity contribution in [2.75, 3.05) is 6.54 Å². The van der Waals surface area contributed by atoms with Gasteiger partial charge in [0.15, 0.2) is 9.84 Å². The number of sulfone groups is 1. The van der Waals surface area contributed by atoms with Crippen molar-refractivity contribution in [1.29, 1.82) is 0 Å². The average molecular weight is 349 g/mol. The molecule has 1 aromatic rings. The molecule has 23 heavy (non-hydrogen) atoms. The van der Waals surface area contributed by atoms with Crippen LogP contribution in [-0.2, 0) is 20.8 Å². The molecule has 0 N–H and O–H groups in total. The molecule has 4 nitrogen and oxygen atoms in total. The molecule has 1 aliphatic heterocycles. The Hall–Kier alpha value is -1.57. The van der Waals surface area contributed by atoms with E-state index < -0.39 is 31.8 Å². The van der Waals surface area contributed by atoms with Gasteiger partial charge in [0.1, 0.15) is 5.37 Å². The van der Waals surface area contributed by atoms with Gasteiger partial charge in [0, 0.05) is 12.5 Å². The second kappa shape index (κ2) is 6.14. The SMILES string of the molecule is CC1CCCN(C(C)S(=O)(=O)c2cccc(C(F)(F)F)c2)C1=O. The van der Waals surface area contributed by atoms with Crippen LogP contribution >= 0.6 is 0 Å². The number of nitrogens with zero attached hydrogens (tertiary/aromatic N) is 1. The van der Waals surface area contributed by atoms with Crippen molar-refractivity contribution in [2.45, 2.75) is 43.1 Å². The van der Waals surface area contributed by atoms with Crippen LogP contribution in [0, 0.1) is 5.92 Å². The zero-order valence-electron chi connectivity index (χ0n) is 12.8. The number of benzene rings is 1. The minimum atomic E-state index is -4.62. The summed E-state index contributed by atoms with van der Waals surface area (Å²) in [6.07, 6.45) is -3.26. The van der Waals surface area contributed by atoms with Gasteiger partial charge in [0.25, 0.3) is 0 Å². The van der Waals surface area contributed by atoms with Gasteiger partial charge in [0.2, 0.25) is 5.91 Å². The van der Waals surface area contributed by atoms with E-state index in [0.29, 0.717) is 25.5 Å². The molecule has 2 atom stereocenters. The summed E-state index contributed by atoms with van der Waals surface area (Å²) in [5, 5.41) is -1.19. The molecule has 2 rings (SSSR count). The summed E-state index contributed by atoms with van der Waals surface area (Å²) in [5.41, 5.74) is -1.02. The zero-order chi connectivity index (χ0) is 17.4. The minimum absolute atomic E-state index is 0.275. The molecule has 8 heteroatoms. The maximum atomic E-state index is 12.8. The lowest BCUT2D eigenvalue weighted by Gasteiger charge is -2.35. The molecular formula is C15H18F3NO3S. The lowest BCUT2D eigenvalue weighted by Crippen LogP contribution is -2.48. The lowest BCUT2D eigenvalue weighted by molar-refractivity contribution is -0.139.